The smallest absolute Gasteiger partial charge is 0.744 e. The molecule has 0 amide bonds. The molecule has 0 bridgehead atoms. The van der Waals surface area contributed by atoms with E-state index >= 15 is 0 Å². The van der Waals surface area contributed by atoms with Crippen LogP contribution in [-0.2, 0) is 20.2 Å². The van der Waals surface area contributed by atoms with E-state index in [1.165, 1.54) is 12.1 Å². The molecule has 132 valence electrons. The Morgan fingerprint density at radius 3 is 1.12 bits per heavy atom. The van der Waals surface area contributed by atoms with Crippen LogP contribution < -0.4 is 0 Å². The summed E-state index contributed by atoms with van der Waals surface area (Å²) in [6.45, 7) is 6.79. The van der Waals surface area contributed by atoms with Gasteiger partial charge < -0.3 is 9.11 Å². The summed E-state index contributed by atoms with van der Waals surface area (Å²) in [5, 5.41) is 0. The fraction of sp³-hybridized carbons (Fsp3) is 0.250. The minimum Gasteiger partial charge on any atom is -0.744 e. The van der Waals surface area contributed by atoms with Crippen molar-refractivity contribution in [2.75, 3.05) is 0 Å². The van der Waals surface area contributed by atoms with Gasteiger partial charge in [-0.05, 0) is 62.1 Å². The summed E-state index contributed by atoms with van der Waals surface area (Å²) in [5.41, 5.74) is 2.69. The Hall–Kier alpha value is -0.974. The molecule has 6 nitrogen and oxygen atoms in total. The third kappa shape index (κ3) is 6.68. The summed E-state index contributed by atoms with van der Waals surface area (Å²) in [6.07, 6.45) is 0. The summed E-state index contributed by atoms with van der Waals surface area (Å²) in [7, 11) is -8.61. The van der Waals surface area contributed by atoms with Crippen LogP contribution in [0.25, 0.3) is 0 Å². The van der Waals surface area contributed by atoms with E-state index in [2.05, 4.69) is 0 Å². The van der Waals surface area contributed by atoms with Crippen LogP contribution >= 0.6 is 0 Å². The van der Waals surface area contributed by atoms with Crippen molar-refractivity contribution in [1.82, 2.24) is 0 Å². The van der Waals surface area contributed by atoms with Crippen molar-refractivity contribution in [3.63, 3.8) is 0 Å². The van der Waals surface area contributed by atoms with Crippen LogP contribution in [0.4, 0.5) is 0 Å². The fourth-order valence-electron chi connectivity index (χ4n) is 1.99. The first-order valence-corrected chi connectivity index (χ1v) is 9.71. The molecule has 2 aromatic carbocycles. The van der Waals surface area contributed by atoms with E-state index in [0.29, 0.717) is 11.1 Å². The van der Waals surface area contributed by atoms with Crippen LogP contribution in [-0.4, -0.2) is 49.0 Å². The molecule has 0 saturated carbocycles. The van der Waals surface area contributed by atoms with E-state index in [-0.39, 0.29) is 32.8 Å². The molecule has 0 aliphatic carbocycles. The summed E-state index contributed by atoms with van der Waals surface area (Å²) in [6, 6.07) is 9.31. The maximum Gasteiger partial charge on any atom is 2.00 e. The average Bonchev–Trinajstić information content (AvgIpc) is 2.43. The number of hydrogen-bond acceptors (Lipinski definition) is 6. The van der Waals surface area contributed by atoms with E-state index in [4.69, 9.17) is 0 Å². The van der Waals surface area contributed by atoms with Gasteiger partial charge in [0.25, 0.3) is 0 Å². The zero-order chi connectivity index (χ0) is 18.7. The Kier molecular flexibility index (Phi) is 8.75. The molecule has 0 heterocycles. The minimum absolute atomic E-state index is 0. The van der Waals surface area contributed by atoms with Crippen molar-refractivity contribution in [3.8, 4) is 0 Å². The van der Waals surface area contributed by atoms with Crippen LogP contribution in [0.5, 0.6) is 0 Å². The topological polar surface area (TPSA) is 114 Å². The summed E-state index contributed by atoms with van der Waals surface area (Å²) in [5.74, 6) is 0. The van der Waals surface area contributed by atoms with E-state index < -0.39 is 20.2 Å². The predicted octanol–water partition coefficient (Wildman–Crippen LogP) is 2.03. The van der Waals surface area contributed by atoms with Gasteiger partial charge in [0.05, 0.1) is 9.79 Å². The van der Waals surface area contributed by atoms with Crippen LogP contribution in [0, 0.1) is 27.7 Å². The Bertz CT molecular complexity index is 871. The first-order chi connectivity index (χ1) is 10.9. The first-order valence-electron chi connectivity index (χ1n) is 6.90. The zero-order valence-corrected chi connectivity index (χ0v) is 17.5. The molecule has 0 aromatic heterocycles. The Morgan fingerprint density at radius 2 is 0.920 bits per heavy atom. The molecule has 0 unspecified atom stereocenters. The number of rotatable bonds is 2. The van der Waals surface area contributed by atoms with Crippen molar-refractivity contribution in [2.45, 2.75) is 37.5 Å². The summed E-state index contributed by atoms with van der Waals surface area (Å²) in [4.78, 5) is -0.245. The molecule has 2 aromatic rings. The van der Waals surface area contributed by atoms with Gasteiger partial charge >= 0.3 is 23.1 Å². The first kappa shape index (κ1) is 24.0. The third-order valence-corrected chi connectivity index (χ3v) is 5.61. The SMILES string of the molecule is Cc1cccc(S(=O)(=O)[O-])c1C.Cc1cccc(S(=O)(=O)[O-])c1C.[Mg+2]. The monoisotopic (exact) mass is 394 g/mol. The molecule has 2 rings (SSSR count). The Balaban J connectivity index is 0.000000443. The van der Waals surface area contributed by atoms with Crippen molar-refractivity contribution in [3.05, 3.63) is 58.7 Å². The second-order valence-electron chi connectivity index (χ2n) is 5.30. The molecular formula is C16H18MgO6S2. The summed E-state index contributed by atoms with van der Waals surface area (Å²) < 4.78 is 63.9. The predicted molar refractivity (Wildman–Crippen MR) is 93.5 cm³/mol. The molecule has 0 spiro atoms. The van der Waals surface area contributed by atoms with Crippen molar-refractivity contribution in [2.24, 2.45) is 0 Å². The molecule has 9 heteroatoms. The quantitative estimate of drug-likeness (QED) is 0.568. The molecule has 25 heavy (non-hydrogen) atoms. The van der Waals surface area contributed by atoms with Gasteiger partial charge in [0.15, 0.2) is 0 Å². The molecule has 0 aliphatic heterocycles. The van der Waals surface area contributed by atoms with E-state index in [9.17, 15) is 25.9 Å². The second-order valence-corrected chi connectivity index (χ2v) is 8.00. The van der Waals surface area contributed by atoms with Crippen LogP contribution in [0.15, 0.2) is 46.2 Å². The van der Waals surface area contributed by atoms with Crippen molar-refractivity contribution < 1.29 is 25.9 Å². The second kappa shape index (κ2) is 9.11. The average molecular weight is 395 g/mol. The zero-order valence-electron chi connectivity index (χ0n) is 14.4. The van der Waals surface area contributed by atoms with Gasteiger partial charge in [-0.1, -0.05) is 24.3 Å². The maximum atomic E-state index is 10.7. The van der Waals surface area contributed by atoms with Crippen molar-refractivity contribution >= 4 is 43.3 Å². The Labute approximate surface area is 164 Å². The van der Waals surface area contributed by atoms with Gasteiger partial charge in [-0.15, -0.1) is 0 Å². The number of benzene rings is 2. The molecule has 0 fully saturated rings. The molecule has 0 saturated heterocycles. The number of aryl methyl sites for hydroxylation is 2. The van der Waals surface area contributed by atoms with E-state index in [1.54, 1.807) is 52.0 Å². The number of hydrogen-bond donors (Lipinski definition) is 0. The molecule has 0 radical (unpaired) electrons. The molecule has 0 aliphatic rings. The fourth-order valence-corrected chi connectivity index (χ4v) is 3.55. The standard InChI is InChI=1S/2C8H10O3S.Mg/c2*1-6-4-3-5-8(7(6)2)12(9,10)11;/h2*3-5H,1-2H3,(H,9,10,11);/q;;+2/p-2. The molecule has 0 atom stereocenters. The van der Waals surface area contributed by atoms with Gasteiger partial charge in [0, 0.05) is 0 Å². The molecule has 0 N–H and O–H groups in total. The van der Waals surface area contributed by atoms with Gasteiger partial charge in [0.1, 0.15) is 20.2 Å². The van der Waals surface area contributed by atoms with Gasteiger partial charge in [-0.3, -0.25) is 0 Å². The van der Waals surface area contributed by atoms with Crippen LogP contribution in [0.3, 0.4) is 0 Å². The normalized spacial score (nSPS) is 11.1. The largest absolute Gasteiger partial charge is 2.00 e. The minimum atomic E-state index is -4.31. The van der Waals surface area contributed by atoms with Gasteiger partial charge in [-0.25, -0.2) is 16.8 Å². The van der Waals surface area contributed by atoms with E-state index in [1.807, 2.05) is 0 Å². The molecular weight excluding hydrogens is 377 g/mol. The third-order valence-electron chi connectivity index (χ3n) is 3.65. The van der Waals surface area contributed by atoms with E-state index in [0.717, 1.165) is 11.1 Å². The maximum absolute atomic E-state index is 10.7. The van der Waals surface area contributed by atoms with Gasteiger partial charge in [-0.2, -0.15) is 0 Å². The van der Waals surface area contributed by atoms with Crippen LogP contribution in [0.2, 0.25) is 0 Å². The Morgan fingerprint density at radius 1 is 0.640 bits per heavy atom. The van der Waals surface area contributed by atoms with Crippen molar-refractivity contribution in [1.29, 1.82) is 0 Å². The van der Waals surface area contributed by atoms with Gasteiger partial charge in [0.2, 0.25) is 0 Å². The van der Waals surface area contributed by atoms with Crippen LogP contribution in [0.1, 0.15) is 22.3 Å². The summed E-state index contributed by atoms with van der Waals surface area (Å²) >= 11 is 0.